The van der Waals surface area contributed by atoms with Crippen LogP contribution in [0.2, 0.25) is 10.0 Å². The molecule has 0 amide bonds. The van der Waals surface area contributed by atoms with Crippen molar-refractivity contribution in [2.75, 3.05) is 0 Å². The molecule has 0 spiro atoms. The number of hydrogen-bond donors (Lipinski definition) is 6. The van der Waals surface area contributed by atoms with E-state index in [9.17, 15) is 20.4 Å². The molecule has 2 aliphatic heterocycles. The zero-order valence-electron chi connectivity index (χ0n) is 25.5. The van der Waals surface area contributed by atoms with Crippen LogP contribution in [0, 0.1) is 0 Å². The summed E-state index contributed by atoms with van der Waals surface area (Å²) in [5, 5.41) is 40.1. The molecule has 3 aromatic heterocycles. The summed E-state index contributed by atoms with van der Waals surface area (Å²) in [5.41, 5.74) is 7.56. The molecule has 0 saturated carbocycles. The van der Waals surface area contributed by atoms with Crippen LogP contribution in [0.5, 0.6) is 11.5 Å². The quantitative estimate of drug-likeness (QED) is 0.0993. The molecule has 0 aliphatic carbocycles. The highest BCUT2D eigenvalue weighted by Gasteiger charge is 2.21. The van der Waals surface area contributed by atoms with Gasteiger partial charge in [0.25, 0.3) is 0 Å². The van der Waals surface area contributed by atoms with Crippen molar-refractivity contribution < 1.29 is 29.9 Å². The Kier molecular flexibility index (Phi) is 7.87. The third-order valence-electron chi connectivity index (χ3n) is 7.49. The third kappa shape index (κ3) is 6.45. The predicted molar refractivity (Wildman–Crippen MR) is 187 cm³/mol. The van der Waals surface area contributed by atoms with Gasteiger partial charge in [0.15, 0.2) is 0 Å². The highest BCUT2D eigenvalue weighted by molar-refractivity contribution is 6.36. The Balaban J connectivity index is 1.52. The van der Waals surface area contributed by atoms with Crippen molar-refractivity contribution in [3.8, 4) is 33.8 Å². The molecular formula is C36H28Cl2N4O6. The molecule has 2 aromatic carbocycles. The van der Waals surface area contributed by atoms with E-state index in [0.29, 0.717) is 77.1 Å². The van der Waals surface area contributed by atoms with Crippen molar-refractivity contribution in [2.24, 2.45) is 0 Å². The number of aliphatic hydroxyl groups is 4. The van der Waals surface area contributed by atoms with E-state index in [1.807, 2.05) is 60.7 Å². The molecule has 6 N–H and O–H groups in total. The Labute approximate surface area is 283 Å². The molecule has 0 saturated heterocycles. The van der Waals surface area contributed by atoms with Crippen LogP contribution in [-0.2, 0) is 0 Å². The highest BCUT2D eigenvalue weighted by Crippen LogP contribution is 2.37. The second-order valence-electron chi connectivity index (χ2n) is 11.5. The highest BCUT2D eigenvalue weighted by atomic mass is 35.5. The van der Waals surface area contributed by atoms with Crippen molar-refractivity contribution in [2.45, 2.75) is 25.8 Å². The van der Waals surface area contributed by atoms with E-state index in [-0.39, 0.29) is 11.5 Å². The number of nitrogens with one attached hydrogen (secondary N) is 2. The number of hydrogen-bond acceptors (Lipinski definition) is 8. The minimum atomic E-state index is -2.37. The molecule has 5 aromatic rings. The smallest absolute Gasteiger partial charge is 0.318 e. The van der Waals surface area contributed by atoms with Crippen LogP contribution in [0.4, 0.5) is 0 Å². The van der Waals surface area contributed by atoms with Gasteiger partial charge in [0.1, 0.15) is 11.5 Å². The maximum atomic E-state index is 9.84. The molecule has 0 radical (unpaired) electrons. The van der Waals surface area contributed by atoms with Gasteiger partial charge < -0.3 is 39.9 Å². The fraction of sp³-hybridized carbons (Fsp3) is 0.111. The van der Waals surface area contributed by atoms with E-state index in [1.54, 1.807) is 36.4 Å². The summed E-state index contributed by atoms with van der Waals surface area (Å²) in [6, 6.07) is 21.3. The second kappa shape index (κ2) is 11.9. The number of nitrogens with zero attached hydrogens (tertiary/aromatic N) is 2. The molecule has 0 atom stereocenters. The lowest BCUT2D eigenvalue weighted by atomic mass is 10.0. The molecule has 7 rings (SSSR count). The molecule has 12 heteroatoms. The van der Waals surface area contributed by atoms with Crippen LogP contribution in [-0.4, -0.2) is 52.3 Å². The number of benzene rings is 2. The van der Waals surface area contributed by atoms with Crippen molar-refractivity contribution >= 4 is 69.6 Å². The Morgan fingerprint density at radius 2 is 0.917 bits per heavy atom. The first-order valence-corrected chi connectivity index (χ1v) is 15.5. The van der Waals surface area contributed by atoms with Gasteiger partial charge in [0.2, 0.25) is 0 Å². The number of fused-ring (bicyclic) bond motifs is 8. The number of halogens is 2. The van der Waals surface area contributed by atoms with Crippen molar-refractivity contribution in [3.63, 3.8) is 0 Å². The van der Waals surface area contributed by atoms with E-state index in [2.05, 4.69) is 9.97 Å². The van der Waals surface area contributed by atoms with Crippen LogP contribution < -0.4 is 9.47 Å². The summed E-state index contributed by atoms with van der Waals surface area (Å²) in [4.78, 5) is 16.6. The number of ether oxygens (including phenoxy) is 2. The zero-order valence-corrected chi connectivity index (χ0v) is 27.0. The fourth-order valence-corrected chi connectivity index (χ4v) is 6.05. The number of H-pyrrole nitrogens is 2. The van der Waals surface area contributed by atoms with E-state index < -0.39 is 11.9 Å². The summed E-state index contributed by atoms with van der Waals surface area (Å²) >= 11 is 13.9. The Morgan fingerprint density at radius 3 is 1.31 bits per heavy atom. The van der Waals surface area contributed by atoms with Gasteiger partial charge in [-0.25, -0.2) is 9.97 Å². The maximum absolute atomic E-state index is 9.84. The van der Waals surface area contributed by atoms with Crippen molar-refractivity contribution in [3.05, 3.63) is 106 Å². The molecule has 5 heterocycles. The number of aromatic nitrogens is 4. The van der Waals surface area contributed by atoms with Gasteiger partial charge in [-0.3, -0.25) is 0 Å². The topological polar surface area (TPSA) is 157 Å². The van der Waals surface area contributed by atoms with Gasteiger partial charge in [-0.2, -0.15) is 0 Å². The largest absolute Gasteiger partial charge is 0.439 e. The lowest BCUT2D eigenvalue weighted by Crippen LogP contribution is -2.30. The Hall–Kier alpha value is -4.94. The molecule has 242 valence electrons. The molecule has 0 fully saturated rings. The minimum absolute atomic E-state index is 0.241. The predicted octanol–water partition coefficient (Wildman–Crippen LogP) is 7.37. The average molecular weight is 684 g/mol. The minimum Gasteiger partial charge on any atom is -0.439 e. The van der Waals surface area contributed by atoms with E-state index in [0.717, 1.165) is 13.8 Å². The molecule has 2 aliphatic rings. The molecule has 0 unspecified atom stereocenters. The maximum Gasteiger partial charge on any atom is 0.318 e. The van der Waals surface area contributed by atoms with Gasteiger partial charge in [0, 0.05) is 36.0 Å². The van der Waals surface area contributed by atoms with Crippen LogP contribution >= 0.6 is 23.2 Å². The van der Waals surface area contributed by atoms with E-state index in [4.69, 9.17) is 42.6 Å². The monoisotopic (exact) mass is 682 g/mol. The van der Waals surface area contributed by atoms with Crippen LogP contribution in [0.15, 0.2) is 72.8 Å². The van der Waals surface area contributed by atoms with Gasteiger partial charge in [-0.05, 0) is 84.0 Å². The summed E-state index contributed by atoms with van der Waals surface area (Å²) in [5.74, 6) is -4.25. The third-order valence-corrected chi connectivity index (χ3v) is 8.29. The van der Waals surface area contributed by atoms with Crippen molar-refractivity contribution in [1.82, 2.24) is 19.9 Å². The van der Waals surface area contributed by atoms with Crippen LogP contribution in [0.25, 0.3) is 68.6 Å². The Morgan fingerprint density at radius 1 is 0.542 bits per heavy atom. The van der Waals surface area contributed by atoms with Crippen LogP contribution in [0.1, 0.15) is 36.6 Å². The van der Waals surface area contributed by atoms with Gasteiger partial charge in [0.05, 0.1) is 43.9 Å². The van der Waals surface area contributed by atoms with E-state index >= 15 is 0 Å². The Bertz CT molecular complexity index is 2150. The molecule has 48 heavy (non-hydrogen) atoms. The lowest BCUT2D eigenvalue weighted by Gasteiger charge is -2.18. The summed E-state index contributed by atoms with van der Waals surface area (Å²) in [7, 11) is 0. The lowest BCUT2D eigenvalue weighted by molar-refractivity contribution is -0.278. The van der Waals surface area contributed by atoms with E-state index in [1.165, 1.54) is 0 Å². The van der Waals surface area contributed by atoms with Gasteiger partial charge in [-0.1, -0.05) is 47.5 Å². The molecular weight excluding hydrogens is 655 g/mol. The average Bonchev–Trinajstić information content (AvgIpc) is 3.84. The molecule has 8 bridgehead atoms. The summed E-state index contributed by atoms with van der Waals surface area (Å²) < 4.78 is 10.6. The van der Waals surface area contributed by atoms with Crippen LogP contribution in [0.3, 0.4) is 0 Å². The first-order chi connectivity index (χ1) is 22.8. The first-order valence-electron chi connectivity index (χ1n) is 14.8. The zero-order chi connectivity index (χ0) is 33.8. The van der Waals surface area contributed by atoms with Crippen molar-refractivity contribution in [1.29, 1.82) is 0 Å². The van der Waals surface area contributed by atoms with Gasteiger partial charge in [-0.15, -0.1) is 0 Å². The number of rotatable bonds is 6. The SMILES string of the molecule is CC(O)(O)Oc1cccc(-c2c3nc(c(Cl)c4ccc([nH]4)c(-c4cccc(OC(C)(O)O)c4)c4nc(c(Cl)c5ccc2[nH]5)C=C4)C=C3)c1. The number of aromatic amines is 2. The normalized spacial score (nSPS) is 12.8. The fourth-order valence-electron chi connectivity index (χ4n) is 5.62. The standard InChI is InChI=1S/C36H28Cl2N4O6/c1-35(43,44)47-21-7-3-5-19(17-21)31-23-9-13-27(39-23)33(37)29-15-11-25(41-29)32(20-6-4-8-22(18-20)48-36(2,45)46)26-12-16-30(42-26)34(38)28-14-10-24(31)40-28/h3-18,39,42-46H,1-2H3. The summed E-state index contributed by atoms with van der Waals surface area (Å²) in [6.45, 7) is 2.25. The first kappa shape index (κ1) is 31.6. The molecule has 10 nitrogen and oxygen atoms in total. The second-order valence-corrected chi connectivity index (χ2v) is 12.3. The summed E-state index contributed by atoms with van der Waals surface area (Å²) in [6.07, 6.45) is 7.32. The van der Waals surface area contributed by atoms with Gasteiger partial charge >= 0.3 is 11.9 Å².